The van der Waals surface area contributed by atoms with Crippen LogP contribution in [0, 0.1) is 5.92 Å². The summed E-state index contributed by atoms with van der Waals surface area (Å²) in [6.45, 7) is 6.39. The summed E-state index contributed by atoms with van der Waals surface area (Å²) in [5.74, 6) is 2.48. The molecule has 0 radical (unpaired) electrons. The van der Waals surface area contributed by atoms with Gasteiger partial charge in [0.1, 0.15) is 5.75 Å². The molecule has 0 amide bonds. The van der Waals surface area contributed by atoms with Crippen LogP contribution in [0.2, 0.25) is 0 Å². The first-order valence-corrected chi connectivity index (χ1v) is 8.96. The van der Waals surface area contributed by atoms with Crippen molar-refractivity contribution in [3.05, 3.63) is 36.7 Å². The van der Waals surface area contributed by atoms with Crippen LogP contribution in [0.3, 0.4) is 0 Å². The normalized spacial score (nSPS) is 20.8. The second kappa shape index (κ2) is 7.65. The molecular weight excluding hydrogens is 298 g/mol. The molecule has 0 unspecified atom stereocenters. The van der Waals surface area contributed by atoms with Gasteiger partial charge in [0.05, 0.1) is 6.10 Å². The lowest BCUT2D eigenvalue weighted by molar-refractivity contribution is 0.242. The van der Waals surface area contributed by atoms with E-state index in [-0.39, 0.29) is 6.10 Å². The minimum Gasteiger partial charge on any atom is -0.491 e. The summed E-state index contributed by atoms with van der Waals surface area (Å²) < 4.78 is 5.67. The maximum atomic E-state index is 5.67. The third kappa shape index (κ3) is 4.47. The van der Waals surface area contributed by atoms with E-state index in [1.54, 1.807) is 0 Å². The molecule has 4 nitrogen and oxygen atoms in total. The molecule has 1 aliphatic rings. The van der Waals surface area contributed by atoms with Gasteiger partial charge in [-0.3, -0.25) is 0 Å². The Morgan fingerprint density at radius 3 is 2.17 bits per heavy atom. The second-order valence-electron chi connectivity index (χ2n) is 7.09. The molecule has 1 fully saturated rings. The van der Waals surface area contributed by atoms with Crippen LogP contribution in [0.4, 0.5) is 5.95 Å². The Morgan fingerprint density at radius 2 is 1.58 bits per heavy atom. The molecule has 4 heteroatoms. The van der Waals surface area contributed by atoms with Crippen molar-refractivity contribution < 1.29 is 4.74 Å². The Balaban J connectivity index is 1.61. The Hall–Kier alpha value is -2.10. The molecule has 0 atom stereocenters. The number of anilines is 1. The van der Waals surface area contributed by atoms with E-state index in [1.807, 2.05) is 50.5 Å². The molecule has 1 heterocycles. The minimum atomic E-state index is 0.187. The average molecular weight is 325 g/mol. The van der Waals surface area contributed by atoms with Gasteiger partial charge in [-0.15, -0.1) is 0 Å². The topological polar surface area (TPSA) is 47.0 Å². The molecule has 2 aromatic rings. The Labute approximate surface area is 144 Å². The summed E-state index contributed by atoms with van der Waals surface area (Å²) in [4.78, 5) is 8.97. The molecule has 24 heavy (non-hydrogen) atoms. The van der Waals surface area contributed by atoms with Crippen molar-refractivity contribution in [1.29, 1.82) is 0 Å². The molecule has 0 aliphatic heterocycles. The third-order valence-electron chi connectivity index (χ3n) is 4.56. The Bertz CT molecular complexity index is 629. The molecule has 0 bridgehead atoms. The summed E-state index contributed by atoms with van der Waals surface area (Å²) >= 11 is 0. The predicted octanol–water partition coefficient (Wildman–Crippen LogP) is 4.92. The van der Waals surface area contributed by atoms with E-state index in [2.05, 4.69) is 22.2 Å². The molecule has 1 aromatic heterocycles. The largest absolute Gasteiger partial charge is 0.491 e. The fraction of sp³-hybridized carbons (Fsp3) is 0.500. The van der Waals surface area contributed by atoms with Gasteiger partial charge in [-0.1, -0.05) is 19.1 Å². The number of nitrogens with zero attached hydrogens (tertiary/aromatic N) is 2. The number of benzene rings is 1. The zero-order chi connectivity index (χ0) is 16.9. The van der Waals surface area contributed by atoms with Gasteiger partial charge in [-0.05, 0) is 63.1 Å². The van der Waals surface area contributed by atoms with Gasteiger partial charge >= 0.3 is 0 Å². The lowest BCUT2D eigenvalue weighted by Crippen LogP contribution is -2.26. The van der Waals surface area contributed by atoms with Crippen LogP contribution in [0.5, 0.6) is 5.75 Å². The first-order chi connectivity index (χ1) is 11.6. The average Bonchev–Trinajstić information content (AvgIpc) is 2.58. The first-order valence-electron chi connectivity index (χ1n) is 8.96. The highest BCUT2D eigenvalue weighted by Crippen LogP contribution is 2.26. The fourth-order valence-electron chi connectivity index (χ4n) is 3.14. The molecule has 0 spiro atoms. The van der Waals surface area contributed by atoms with E-state index in [9.17, 15) is 0 Å². The molecule has 128 valence electrons. The van der Waals surface area contributed by atoms with Crippen LogP contribution in [-0.4, -0.2) is 22.1 Å². The monoisotopic (exact) mass is 325 g/mol. The second-order valence-corrected chi connectivity index (χ2v) is 7.09. The van der Waals surface area contributed by atoms with E-state index < -0.39 is 0 Å². The van der Waals surface area contributed by atoms with Crippen LogP contribution >= 0.6 is 0 Å². The van der Waals surface area contributed by atoms with Crippen molar-refractivity contribution >= 4 is 5.95 Å². The number of hydrogen-bond acceptors (Lipinski definition) is 4. The maximum Gasteiger partial charge on any atom is 0.222 e. The van der Waals surface area contributed by atoms with Crippen LogP contribution in [0.1, 0.15) is 46.5 Å². The lowest BCUT2D eigenvalue weighted by Gasteiger charge is -2.26. The minimum absolute atomic E-state index is 0.187. The zero-order valence-electron chi connectivity index (χ0n) is 14.8. The van der Waals surface area contributed by atoms with Crippen LogP contribution in [-0.2, 0) is 0 Å². The number of hydrogen-bond donors (Lipinski definition) is 1. The molecule has 1 N–H and O–H groups in total. The highest BCUT2D eigenvalue weighted by Gasteiger charge is 2.18. The zero-order valence-corrected chi connectivity index (χ0v) is 14.8. The van der Waals surface area contributed by atoms with Gasteiger partial charge in [0.25, 0.3) is 0 Å². The van der Waals surface area contributed by atoms with Crippen LogP contribution in [0.25, 0.3) is 11.1 Å². The van der Waals surface area contributed by atoms with Crippen molar-refractivity contribution in [2.45, 2.75) is 58.6 Å². The van der Waals surface area contributed by atoms with Gasteiger partial charge in [-0.2, -0.15) is 0 Å². The maximum absolute atomic E-state index is 5.67. The van der Waals surface area contributed by atoms with E-state index in [4.69, 9.17) is 4.74 Å². The number of ether oxygens (including phenoxy) is 1. The third-order valence-corrected chi connectivity index (χ3v) is 4.56. The van der Waals surface area contributed by atoms with Crippen molar-refractivity contribution in [1.82, 2.24) is 9.97 Å². The summed E-state index contributed by atoms with van der Waals surface area (Å²) in [6.07, 6.45) is 8.97. The molecule has 1 aliphatic carbocycles. The summed E-state index contributed by atoms with van der Waals surface area (Å²) in [7, 11) is 0. The summed E-state index contributed by atoms with van der Waals surface area (Å²) in [6, 6.07) is 8.59. The Morgan fingerprint density at radius 1 is 0.958 bits per heavy atom. The van der Waals surface area contributed by atoms with Crippen molar-refractivity contribution in [3.8, 4) is 16.9 Å². The number of nitrogens with one attached hydrogen (secondary N) is 1. The van der Waals surface area contributed by atoms with Gasteiger partial charge in [0.15, 0.2) is 0 Å². The number of rotatable bonds is 5. The Kier molecular flexibility index (Phi) is 5.34. The molecule has 0 saturated heterocycles. The standard InChI is InChI=1S/C20H27N3O/c1-14(2)24-19-10-6-16(7-11-19)17-12-21-20(22-13-17)23-18-8-4-15(3)5-9-18/h6-7,10-15,18H,4-5,8-9H2,1-3H3,(H,21,22,23)/t15-,18-. The summed E-state index contributed by atoms with van der Waals surface area (Å²) in [5.41, 5.74) is 2.12. The fourth-order valence-corrected chi connectivity index (χ4v) is 3.14. The summed E-state index contributed by atoms with van der Waals surface area (Å²) in [5, 5.41) is 3.47. The quantitative estimate of drug-likeness (QED) is 0.847. The van der Waals surface area contributed by atoms with Crippen LogP contribution < -0.4 is 10.1 Å². The molecular formula is C20H27N3O. The van der Waals surface area contributed by atoms with E-state index in [0.717, 1.165) is 28.7 Å². The molecule has 1 aromatic carbocycles. The van der Waals surface area contributed by atoms with Crippen LogP contribution in [0.15, 0.2) is 36.7 Å². The van der Waals surface area contributed by atoms with Gasteiger partial charge < -0.3 is 10.1 Å². The molecule has 1 saturated carbocycles. The predicted molar refractivity (Wildman–Crippen MR) is 98.3 cm³/mol. The van der Waals surface area contributed by atoms with E-state index in [1.165, 1.54) is 25.7 Å². The van der Waals surface area contributed by atoms with Crippen molar-refractivity contribution in [2.24, 2.45) is 5.92 Å². The SMILES string of the molecule is CC(C)Oc1ccc(-c2cnc(N[C@H]3CC[C@H](C)CC3)nc2)cc1. The van der Waals surface area contributed by atoms with Crippen molar-refractivity contribution in [2.75, 3.05) is 5.32 Å². The van der Waals surface area contributed by atoms with Crippen molar-refractivity contribution in [3.63, 3.8) is 0 Å². The first kappa shape index (κ1) is 16.7. The van der Waals surface area contributed by atoms with Gasteiger partial charge in [0, 0.05) is 24.0 Å². The molecule has 3 rings (SSSR count). The lowest BCUT2D eigenvalue weighted by atomic mass is 9.87. The smallest absolute Gasteiger partial charge is 0.222 e. The van der Waals surface area contributed by atoms with E-state index >= 15 is 0 Å². The van der Waals surface area contributed by atoms with Gasteiger partial charge in [0.2, 0.25) is 5.95 Å². The highest BCUT2D eigenvalue weighted by molar-refractivity contribution is 5.62. The van der Waals surface area contributed by atoms with E-state index in [0.29, 0.717) is 6.04 Å². The van der Waals surface area contributed by atoms with Gasteiger partial charge in [-0.25, -0.2) is 9.97 Å². The number of aromatic nitrogens is 2. The highest BCUT2D eigenvalue weighted by atomic mass is 16.5.